The molecule has 3 N–H and O–H groups in total. The molecule has 9 heteroatoms. The second-order valence-corrected chi connectivity index (χ2v) is 8.05. The molecule has 2 aliphatic rings. The number of aromatic nitrogens is 1. The van der Waals surface area contributed by atoms with Gasteiger partial charge in [-0.25, -0.2) is 9.18 Å². The largest absolute Gasteiger partial charge is 0.511 e. The summed E-state index contributed by atoms with van der Waals surface area (Å²) in [5, 5.41) is 9.02. The van der Waals surface area contributed by atoms with E-state index in [-0.39, 0.29) is 29.1 Å². The van der Waals surface area contributed by atoms with E-state index in [9.17, 15) is 9.59 Å². The normalized spacial score (nSPS) is 19.9. The molecule has 162 valence electrons. The third-order valence-corrected chi connectivity index (χ3v) is 5.88. The van der Waals surface area contributed by atoms with E-state index >= 15 is 4.39 Å². The van der Waals surface area contributed by atoms with Gasteiger partial charge in [-0.2, -0.15) is 0 Å². The van der Waals surface area contributed by atoms with Crippen LogP contribution in [0.25, 0.3) is 10.9 Å². The molecule has 2 fully saturated rings. The van der Waals surface area contributed by atoms with Gasteiger partial charge in [-0.3, -0.25) is 4.79 Å². The number of hydrogen-bond donors (Lipinski definition) is 2. The zero-order valence-electron chi connectivity index (χ0n) is 17.1. The van der Waals surface area contributed by atoms with Crippen LogP contribution in [0.2, 0.25) is 0 Å². The summed E-state index contributed by atoms with van der Waals surface area (Å²) < 4.78 is 27.7. The van der Waals surface area contributed by atoms with Gasteiger partial charge in [-0.15, -0.1) is 0 Å². The van der Waals surface area contributed by atoms with Crippen molar-refractivity contribution in [3.05, 3.63) is 28.3 Å². The molecular weight excluding hydrogens is 393 g/mol. The molecule has 2 heterocycles. The first-order valence-corrected chi connectivity index (χ1v) is 10.3. The molecule has 0 bridgehead atoms. The maximum Gasteiger partial charge on any atom is 0.511 e. The Hall–Kier alpha value is -2.81. The summed E-state index contributed by atoms with van der Waals surface area (Å²) in [5.74, 6) is -0.367. The number of ether oxygens (including phenoxy) is 2. The van der Waals surface area contributed by atoms with Gasteiger partial charge in [0.05, 0.1) is 23.7 Å². The van der Waals surface area contributed by atoms with Crippen LogP contribution in [-0.2, 0) is 0 Å². The van der Waals surface area contributed by atoms with Gasteiger partial charge in [-0.05, 0) is 45.1 Å². The first-order chi connectivity index (χ1) is 14.3. The van der Waals surface area contributed by atoms with Crippen LogP contribution in [0.5, 0.6) is 11.5 Å². The van der Waals surface area contributed by atoms with Crippen molar-refractivity contribution in [1.82, 2.24) is 4.57 Å². The zero-order chi connectivity index (χ0) is 21.6. The van der Waals surface area contributed by atoms with E-state index in [1.165, 1.54) is 12.3 Å². The molecule has 0 spiro atoms. The molecule has 1 saturated heterocycles. The van der Waals surface area contributed by atoms with E-state index in [4.69, 9.17) is 15.6 Å². The summed E-state index contributed by atoms with van der Waals surface area (Å²) >= 11 is 0. The lowest BCUT2D eigenvalue weighted by Gasteiger charge is -2.25. The number of carbonyl (C=O) groups is 1. The Bertz CT molecular complexity index is 1050. The minimum absolute atomic E-state index is 0.00516. The average molecular weight is 419 g/mol. The third-order valence-electron chi connectivity index (χ3n) is 5.88. The molecular formula is C21H26FN3O5. The van der Waals surface area contributed by atoms with E-state index in [0.717, 1.165) is 19.3 Å². The molecule has 0 amide bonds. The number of fused-ring (bicyclic) bond motifs is 1. The lowest BCUT2D eigenvalue weighted by molar-refractivity contribution is 0.143. The molecule has 8 nitrogen and oxygen atoms in total. The van der Waals surface area contributed by atoms with Crippen LogP contribution in [0.4, 0.5) is 14.9 Å². The Labute approximate surface area is 173 Å². The highest BCUT2D eigenvalue weighted by molar-refractivity contribution is 5.92. The Balaban J connectivity index is 1.95. The SMILES string of the molecule is CCOc1c(N2CC[C@@H](C(C)N)C2)c(F)cc2c(=O)c(OC(=O)O)cn(C3CC3)c12. The quantitative estimate of drug-likeness (QED) is 0.693. The Morgan fingerprint density at radius 1 is 1.40 bits per heavy atom. The molecule has 2 atom stereocenters. The lowest BCUT2D eigenvalue weighted by Crippen LogP contribution is -2.30. The number of anilines is 1. The highest BCUT2D eigenvalue weighted by Crippen LogP contribution is 2.45. The summed E-state index contributed by atoms with van der Waals surface area (Å²) in [6.07, 6.45) is 2.41. The molecule has 1 aromatic carbocycles. The van der Waals surface area contributed by atoms with E-state index in [0.29, 0.717) is 36.6 Å². The third kappa shape index (κ3) is 3.58. The van der Waals surface area contributed by atoms with Crippen LogP contribution < -0.4 is 25.5 Å². The van der Waals surface area contributed by atoms with Crippen molar-refractivity contribution in [1.29, 1.82) is 0 Å². The van der Waals surface area contributed by atoms with Crippen molar-refractivity contribution in [3.8, 4) is 11.5 Å². The van der Waals surface area contributed by atoms with Crippen LogP contribution in [-0.4, -0.2) is 41.6 Å². The number of benzene rings is 1. The molecule has 1 aromatic heterocycles. The van der Waals surface area contributed by atoms with Gasteiger partial charge in [0.1, 0.15) is 5.69 Å². The Morgan fingerprint density at radius 2 is 2.13 bits per heavy atom. The predicted octanol–water partition coefficient (Wildman–Crippen LogP) is 3.10. The fraction of sp³-hybridized carbons (Fsp3) is 0.524. The van der Waals surface area contributed by atoms with Crippen LogP contribution in [0.3, 0.4) is 0 Å². The predicted molar refractivity (Wildman–Crippen MR) is 110 cm³/mol. The maximum atomic E-state index is 15.3. The van der Waals surface area contributed by atoms with Gasteiger partial charge < -0.3 is 29.8 Å². The average Bonchev–Trinajstić information content (AvgIpc) is 3.40. The van der Waals surface area contributed by atoms with E-state index < -0.39 is 17.4 Å². The monoisotopic (exact) mass is 419 g/mol. The lowest BCUT2D eigenvalue weighted by atomic mass is 10.0. The Kier molecular flexibility index (Phi) is 5.31. The highest BCUT2D eigenvalue weighted by atomic mass is 19.1. The number of nitrogens with two attached hydrogens (primary N) is 1. The second kappa shape index (κ2) is 7.79. The van der Waals surface area contributed by atoms with Gasteiger partial charge in [0.25, 0.3) is 0 Å². The van der Waals surface area contributed by atoms with Crippen LogP contribution in [0.15, 0.2) is 17.1 Å². The first kappa shape index (κ1) is 20.5. The summed E-state index contributed by atoms with van der Waals surface area (Å²) in [6, 6.07) is 1.24. The van der Waals surface area contributed by atoms with Crippen molar-refractivity contribution < 1.29 is 23.8 Å². The van der Waals surface area contributed by atoms with Gasteiger partial charge in [-0.1, -0.05) is 0 Å². The van der Waals surface area contributed by atoms with E-state index in [1.807, 2.05) is 11.8 Å². The molecule has 4 rings (SSSR count). The fourth-order valence-corrected chi connectivity index (χ4v) is 4.22. The molecule has 1 unspecified atom stereocenters. The van der Waals surface area contributed by atoms with Gasteiger partial charge in [0.2, 0.25) is 5.43 Å². The van der Waals surface area contributed by atoms with Gasteiger partial charge in [0.15, 0.2) is 17.3 Å². The summed E-state index contributed by atoms with van der Waals surface area (Å²) in [4.78, 5) is 25.8. The number of pyridine rings is 1. The van der Waals surface area contributed by atoms with Crippen molar-refractivity contribution in [2.45, 2.75) is 45.2 Å². The minimum Gasteiger partial charge on any atom is -0.489 e. The second-order valence-electron chi connectivity index (χ2n) is 8.05. The molecule has 30 heavy (non-hydrogen) atoms. The summed E-state index contributed by atoms with van der Waals surface area (Å²) in [6.45, 7) is 5.29. The first-order valence-electron chi connectivity index (χ1n) is 10.3. The number of rotatable bonds is 6. The standard InChI is InChI=1S/C21H26FN3O5/c1-3-29-20-17-14(8-15(22)18(20)24-7-6-12(9-24)11(2)23)19(26)16(30-21(27)28)10-25(17)13-4-5-13/h8,10-13H,3-7,9,23H2,1-2H3,(H,27,28)/t11?,12-/m1/s1. The molecule has 1 aliphatic heterocycles. The number of nitrogens with zero attached hydrogens (tertiary/aromatic N) is 2. The molecule has 0 radical (unpaired) electrons. The molecule has 1 aliphatic carbocycles. The summed E-state index contributed by atoms with van der Waals surface area (Å²) in [5.41, 5.74) is 6.18. The molecule has 1 saturated carbocycles. The number of hydrogen-bond acceptors (Lipinski definition) is 6. The van der Waals surface area contributed by atoms with Gasteiger partial charge >= 0.3 is 6.16 Å². The Morgan fingerprint density at radius 3 is 2.70 bits per heavy atom. The van der Waals surface area contributed by atoms with Crippen molar-refractivity contribution in [2.75, 3.05) is 24.6 Å². The van der Waals surface area contributed by atoms with Crippen molar-refractivity contribution in [2.24, 2.45) is 11.7 Å². The minimum atomic E-state index is -1.59. The topological polar surface area (TPSA) is 107 Å². The van der Waals surface area contributed by atoms with Crippen LogP contribution in [0, 0.1) is 11.7 Å². The van der Waals surface area contributed by atoms with Crippen molar-refractivity contribution >= 4 is 22.7 Å². The van der Waals surface area contributed by atoms with Crippen molar-refractivity contribution in [3.63, 3.8) is 0 Å². The fourth-order valence-electron chi connectivity index (χ4n) is 4.22. The maximum absolute atomic E-state index is 15.3. The van der Waals surface area contributed by atoms with Gasteiger partial charge in [0, 0.05) is 25.2 Å². The van der Waals surface area contributed by atoms with Crippen LogP contribution in [0.1, 0.15) is 39.2 Å². The van der Waals surface area contributed by atoms with Crippen LogP contribution >= 0.6 is 0 Å². The number of carboxylic acid groups (broad SMARTS) is 1. The zero-order valence-corrected chi connectivity index (χ0v) is 17.1. The van der Waals surface area contributed by atoms with E-state index in [1.54, 1.807) is 11.5 Å². The number of halogens is 1. The highest BCUT2D eigenvalue weighted by Gasteiger charge is 2.34. The van der Waals surface area contributed by atoms with E-state index in [2.05, 4.69) is 4.74 Å². The summed E-state index contributed by atoms with van der Waals surface area (Å²) in [7, 11) is 0. The smallest absolute Gasteiger partial charge is 0.489 e. The molecule has 2 aromatic rings.